The summed E-state index contributed by atoms with van der Waals surface area (Å²) in [5, 5.41) is 2.55. The van der Waals surface area contributed by atoms with E-state index in [0.717, 1.165) is 12.1 Å². The summed E-state index contributed by atoms with van der Waals surface area (Å²) in [6.45, 7) is 4.04. The summed E-state index contributed by atoms with van der Waals surface area (Å²) in [5.41, 5.74) is -0.385. The minimum Gasteiger partial charge on any atom is -0.348 e. The van der Waals surface area contributed by atoms with Crippen molar-refractivity contribution < 1.29 is 18.0 Å². The number of alkyl halides is 3. The fourth-order valence-corrected chi connectivity index (χ4v) is 3.01. The molecule has 0 bridgehead atoms. The number of amides is 1. The van der Waals surface area contributed by atoms with E-state index in [1.165, 1.54) is 16.7 Å². The first-order valence-corrected chi connectivity index (χ1v) is 8.81. The Morgan fingerprint density at radius 2 is 1.93 bits per heavy atom. The minimum atomic E-state index is -4.45. The third-order valence-corrected chi connectivity index (χ3v) is 4.37. The Morgan fingerprint density at radius 1 is 1.25 bits per heavy atom. The summed E-state index contributed by atoms with van der Waals surface area (Å²) in [4.78, 5) is 27.3. The van der Waals surface area contributed by atoms with Crippen LogP contribution in [0.4, 0.5) is 13.2 Å². The van der Waals surface area contributed by atoms with Gasteiger partial charge in [0.1, 0.15) is 5.56 Å². The van der Waals surface area contributed by atoms with E-state index in [4.69, 9.17) is 0 Å². The lowest BCUT2D eigenvalue weighted by atomic mass is 10.1. The van der Waals surface area contributed by atoms with Crippen molar-refractivity contribution in [3.8, 4) is 0 Å². The number of benzene rings is 1. The number of aryl methyl sites for hydroxylation is 1. The number of halogens is 3. The van der Waals surface area contributed by atoms with Crippen molar-refractivity contribution in [1.29, 1.82) is 0 Å². The summed E-state index contributed by atoms with van der Waals surface area (Å²) in [6, 6.07) is 6.27. The number of hydrogen-bond donors (Lipinski definition) is 1. The molecule has 2 aromatic rings. The van der Waals surface area contributed by atoms with Gasteiger partial charge in [0.05, 0.1) is 5.56 Å². The van der Waals surface area contributed by atoms with Crippen molar-refractivity contribution in [3.05, 3.63) is 69.1 Å². The molecule has 8 heteroatoms. The molecule has 1 aromatic heterocycles. The number of nitrogens with zero attached hydrogens (tertiary/aromatic N) is 2. The predicted molar refractivity (Wildman–Crippen MR) is 101 cm³/mol. The van der Waals surface area contributed by atoms with E-state index < -0.39 is 23.2 Å². The fraction of sp³-hybridized carbons (Fsp3) is 0.400. The molecule has 0 radical (unpaired) electrons. The van der Waals surface area contributed by atoms with Gasteiger partial charge in [-0.05, 0) is 57.3 Å². The van der Waals surface area contributed by atoms with Gasteiger partial charge < -0.3 is 14.8 Å². The molecule has 1 heterocycles. The summed E-state index contributed by atoms with van der Waals surface area (Å²) in [5.74, 6) is -0.605. The van der Waals surface area contributed by atoms with Crippen LogP contribution >= 0.6 is 0 Å². The maximum Gasteiger partial charge on any atom is 0.416 e. The maximum atomic E-state index is 12.8. The zero-order chi connectivity index (χ0) is 21.1. The van der Waals surface area contributed by atoms with Crippen molar-refractivity contribution in [2.45, 2.75) is 32.6 Å². The van der Waals surface area contributed by atoms with Crippen molar-refractivity contribution in [2.24, 2.45) is 0 Å². The monoisotopic (exact) mass is 395 g/mol. The molecule has 0 fully saturated rings. The van der Waals surface area contributed by atoms with Crippen LogP contribution in [0.15, 0.2) is 41.3 Å². The second kappa shape index (κ2) is 8.60. The smallest absolute Gasteiger partial charge is 0.348 e. The zero-order valence-corrected chi connectivity index (χ0v) is 16.3. The van der Waals surface area contributed by atoms with E-state index in [9.17, 15) is 22.8 Å². The molecule has 0 spiro atoms. The number of aromatic nitrogens is 1. The van der Waals surface area contributed by atoms with Gasteiger partial charge >= 0.3 is 6.18 Å². The Balaban J connectivity index is 2.22. The molecule has 1 amide bonds. The molecule has 152 valence electrons. The fourth-order valence-electron chi connectivity index (χ4n) is 3.01. The van der Waals surface area contributed by atoms with Crippen LogP contribution in [-0.4, -0.2) is 36.0 Å². The first-order valence-electron chi connectivity index (χ1n) is 8.81. The number of rotatable bonds is 6. The van der Waals surface area contributed by atoms with Gasteiger partial charge in [-0.15, -0.1) is 0 Å². The summed E-state index contributed by atoms with van der Waals surface area (Å²) in [7, 11) is 3.77. The lowest BCUT2D eigenvalue weighted by Crippen LogP contribution is -2.36. The van der Waals surface area contributed by atoms with E-state index >= 15 is 0 Å². The highest BCUT2D eigenvalue weighted by atomic mass is 19.4. The molecular weight excluding hydrogens is 371 g/mol. The largest absolute Gasteiger partial charge is 0.416 e. The average molecular weight is 395 g/mol. The highest BCUT2D eigenvalue weighted by Gasteiger charge is 2.30. The Morgan fingerprint density at radius 3 is 2.54 bits per heavy atom. The van der Waals surface area contributed by atoms with Crippen LogP contribution in [0.1, 0.15) is 40.0 Å². The minimum absolute atomic E-state index is 0.0000760. The van der Waals surface area contributed by atoms with Crippen molar-refractivity contribution in [1.82, 2.24) is 14.8 Å². The van der Waals surface area contributed by atoms with Gasteiger partial charge in [-0.25, -0.2) is 0 Å². The summed E-state index contributed by atoms with van der Waals surface area (Å²) < 4.78 is 39.9. The molecule has 5 nitrogen and oxygen atoms in total. The van der Waals surface area contributed by atoms with Crippen LogP contribution in [0.5, 0.6) is 0 Å². The van der Waals surface area contributed by atoms with Crippen LogP contribution in [0.3, 0.4) is 0 Å². The third-order valence-electron chi connectivity index (χ3n) is 4.37. The number of carbonyl (C=O) groups excluding carboxylic acids is 1. The quantitative estimate of drug-likeness (QED) is 0.817. The van der Waals surface area contributed by atoms with Crippen LogP contribution in [-0.2, 0) is 12.7 Å². The number of carbonyl (C=O) groups is 1. The van der Waals surface area contributed by atoms with Gasteiger partial charge in [0.2, 0.25) is 0 Å². The van der Waals surface area contributed by atoms with Gasteiger partial charge in [-0.2, -0.15) is 13.2 Å². The molecular formula is C20H24F3N3O2. The molecule has 0 aliphatic rings. The van der Waals surface area contributed by atoms with Crippen molar-refractivity contribution in [3.63, 3.8) is 0 Å². The molecule has 1 N–H and O–H groups in total. The van der Waals surface area contributed by atoms with Gasteiger partial charge in [0.15, 0.2) is 0 Å². The van der Waals surface area contributed by atoms with Gasteiger partial charge in [0.25, 0.3) is 11.5 Å². The number of hydrogen-bond acceptors (Lipinski definition) is 3. The molecule has 0 saturated heterocycles. The molecule has 1 unspecified atom stereocenters. The second-order valence-corrected chi connectivity index (χ2v) is 7.08. The number of likely N-dealkylation sites (N-methyl/N-ethyl adjacent to an activating group) is 1. The molecule has 1 aromatic carbocycles. The van der Waals surface area contributed by atoms with Crippen molar-refractivity contribution in [2.75, 3.05) is 20.6 Å². The average Bonchev–Trinajstić information content (AvgIpc) is 2.59. The molecule has 0 aliphatic heterocycles. The molecule has 0 aliphatic carbocycles. The van der Waals surface area contributed by atoms with Crippen LogP contribution < -0.4 is 10.9 Å². The normalized spacial score (nSPS) is 12.9. The van der Waals surface area contributed by atoms with Crippen LogP contribution in [0.25, 0.3) is 0 Å². The van der Waals surface area contributed by atoms with Gasteiger partial charge in [0, 0.05) is 25.3 Å². The molecule has 2 rings (SSSR count). The predicted octanol–water partition coefficient (Wildman–Crippen LogP) is 3.23. The lowest BCUT2D eigenvalue weighted by molar-refractivity contribution is -0.137. The number of pyridine rings is 1. The van der Waals surface area contributed by atoms with E-state index in [-0.39, 0.29) is 18.2 Å². The number of nitrogens with one attached hydrogen (secondary N) is 1. The Bertz CT molecular complexity index is 904. The first-order chi connectivity index (χ1) is 13.0. The third kappa shape index (κ3) is 5.22. The Labute approximate surface area is 161 Å². The molecule has 0 saturated carbocycles. The standard InChI is InChI=1S/C20H24F3N3O2/c1-13-8-9-26(14(2)12-25(3)4)19(28)17(13)18(27)24-11-15-6-5-7-16(10-15)20(21,22)23/h5-10,14H,11-12H2,1-4H3,(H,24,27). The van der Waals surface area contributed by atoms with E-state index in [0.29, 0.717) is 17.7 Å². The maximum absolute atomic E-state index is 12.8. The summed E-state index contributed by atoms with van der Waals surface area (Å²) >= 11 is 0. The van der Waals surface area contributed by atoms with Crippen LogP contribution in [0, 0.1) is 6.92 Å². The lowest BCUT2D eigenvalue weighted by Gasteiger charge is -2.20. The van der Waals surface area contributed by atoms with Gasteiger partial charge in [-0.1, -0.05) is 12.1 Å². The van der Waals surface area contributed by atoms with E-state index in [2.05, 4.69) is 5.32 Å². The summed E-state index contributed by atoms with van der Waals surface area (Å²) in [6.07, 6.45) is -2.80. The van der Waals surface area contributed by atoms with Crippen molar-refractivity contribution >= 4 is 5.91 Å². The molecule has 1 atom stereocenters. The SMILES string of the molecule is Cc1ccn(C(C)CN(C)C)c(=O)c1C(=O)NCc1cccc(C(F)(F)F)c1. The van der Waals surface area contributed by atoms with E-state index in [1.54, 1.807) is 19.2 Å². The molecule has 28 heavy (non-hydrogen) atoms. The van der Waals surface area contributed by atoms with E-state index in [1.807, 2.05) is 25.9 Å². The zero-order valence-electron chi connectivity index (χ0n) is 16.3. The Kier molecular flexibility index (Phi) is 6.66. The first kappa shape index (κ1) is 21.7. The van der Waals surface area contributed by atoms with Gasteiger partial charge in [-0.3, -0.25) is 9.59 Å². The second-order valence-electron chi connectivity index (χ2n) is 7.08. The highest BCUT2D eigenvalue weighted by molar-refractivity contribution is 5.95. The topological polar surface area (TPSA) is 54.3 Å². The van der Waals surface area contributed by atoms with Crippen LogP contribution in [0.2, 0.25) is 0 Å². The Hall–Kier alpha value is -2.61. The highest BCUT2D eigenvalue weighted by Crippen LogP contribution is 2.29.